The molecule has 3 rings (SSSR count). The van der Waals surface area contributed by atoms with Crippen molar-refractivity contribution in [1.82, 2.24) is 0 Å². The fourth-order valence-electron chi connectivity index (χ4n) is 2.80. The van der Waals surface area contributed by atoms with E-state index < -0.39 is 11.4 Å². The number of carbonyl (C=O) groups is 2. The molecule has 22 heavy (non-hydrogen) atoms. The minimum Gasteiger partial charge on any atom is -0.465 e. The summed E-state index contributed by atoms with van der Waals surface area (Å²) in [4.78, 5) is 26.6. The van der Waals surface area contributed by atoms with Crippen LogP contribution in [0.1, 0.15) is 18.9 Å². The van der Waals surface area contributed by atoms with Crippen LogP contribution in [0.5, 0.6) is 0 Å². The Morgan fingerprint density at radius 1 is 1.09 bits per heavy atom. The van der Waals surface area contributed by atoms with Crippen molar-refractivity contribution in [3.05, 3.63) is 60.2 Å². The molecule has 0 radical (unpaired) electrons. The predicted molar refractivity (Wildman–Crippen MR) is 84.9 cm³/mol. The Bertz CT molecular complexity index is 711. The average molecular weight is 312 g/mol. The second-order valence-corrected chi connectivity index (χ2v) is 6.37. The highest BCUT2D eigenvalue weighted by Gasteiger charge is 2.51. The summed E-state index contributed by atoms with van der Waals surface area (Å²) in [5.41, 5.74) is -0.405. The Kier molecular flexibility index (Phi) is 4.03. The van der Waals surface area contributed by atoms with E-state index in [1.807, 2.05) is 54.6 Å². The summed E-state index contributed by atoms with van der Waals surface area (Å²) >= 11 is 1.56. The fraction of sp³-hybridized carbons (Fsp3) is 0.222. The molecule has 0 saturated carbocycles. The lowest BCUT2D eigenvalue weighted by atomic mass is 9.76. The maximum absolute atomic E-state index is 12.3. The highest BCUT2D eigenvalue weighted by molar-refractivity contribution is 7.99. The first-order valence-corrected chi connectivity index (χ1v) is 7.97. The molecule has 0 amide bonds. The van der Waals surface area contributed by atoms with Gasteiger partial charge in [0.05, 0.1) is 6.61 Å². The van der Waals surface area contributed by atoms with Gasteiger partial charge in [-0.3, -0.25) is 9.59 Å². The van der Waals surface area contributed by atoms with Crippen LogP contribution in [-0.4, -0.2) is 18.4 Å². The molecule has 0 N–H and O–H groups in total. The van der Waals surface area contributed by atoms with E-state index in [0.717, 1.165) is 15.4 Å². The van der Waals surface area contributed by atoms with Crippen LogP contribution >= 0.6 is 11.8 Å². The van der Waals surface area contributed by atoms with Gasteiger partial charge in [0.15, 0.2) is 11.2 Å². The van der Waals surface area contributed by atoms with Gasteiger partial charge >= 0.3 is 5.97 Å². The molecule has 3 nitrogen and oxygen atoms in total. The largest absolute Gasteiger partial charge is 0.465 e. The summed E-state index contributed by atoms with van der Waals surface area (Å²) < 4.78 is 5.12. The van der Waals surface area contributed by atoms with Gasteiger partial charge in [-0.15, -0.1) is 0 Å². The van der Waals surface area contributed by atoms with Gasteiger partial charge in [0.25, 0.3) is 0 Å². The number of ketones is 1. The van der Waals surface area contributed by atoms with Crippen LogP contribution in [0, 0.1) is 0 Å². The van der Waals surface area contributed by atoms with Crippen molar-refractivity contribution in [2.45, 2.75) is 28.6 Å². The second-order valence-electron chi connectivity index (χ2n) is 5.26. The number of carbonyl (C=O) groups excluding carboxylic acids is 2. The molecule has 1 saturated heterocycles. The van der Waals surface area contributed by atoms with E-state index in [9.17, 15) is 9.59 Å². The number of Topliss-reactive ketones (excluding diaryl/α,β-unsaturated/α-hetero) is 1. The third kappa shape index (κ3) is 2.44. The standard InChI is InChI=1S/C18H16O3S/c1-13(19)18(11-12-21-17(18)20)15-9-5-6-10-16(15)22-14-7-3-2-4-8-14/h2-10H,11-12H2,1H3. The Morgan fingerprint density at radius 2 is 1.77 bits per heavy atom. The van der Waals surface area contributed by atoms with E-state index in [-0.39, 0.29) is 5.78 Å². The number of rotatable bonds is 4. The Hall–Kier alpha value is -2.07. The number of hydrogen-bond acceptors (Lipinski definition) is 4. The summed E-state index contributed by atoms with van der Waals surface area (Å²) in [5, 5.41) is 0. The molecule has 1 unspecified atom stereocenters. The predicted octanol–water partition coefficient (Wildman–Crippen LogP) is 3.61. The normalized spacial score (nSPS) is 20.7. The lowest BCUT2D eigenvalue weighted by molar-refractivity contribution is -0.146. The number of benzene rings is 2. The van der Waals surface area contributed by atoms with Crippen molar-refractivity contribution < 1.29 is 14.3 Å². The summed E-state index contributed by atoms with van der Waals surface area (Å²) in [6.07, 6.45) is 0.410. The van der Waals surface area contributed by atoms with Crippen molar-refractivity contribution in [3.8, 4) is 0 Å². The Balaban J connectivity index is 2.08. The van der Waals surface area contributed by atoms with E-state index in [2.05, 4.69) is 0 Å². The van der Waals surface area contributed by atoms with Gasteiger partial charge in [-0.05, 0) is 30.7 Å². The highest BCUT2D eigenvalue weighted by Crippen LogP contribution is 2.42. The molecule has 2 aromatic carbocycles. The first-order valence-electron chi connectivity index (χ1n) is 7.15. The highest BCUT2D eigenvalue weighted by atomic mass is 32.2. The molecular formula is C18H16O3S. The van der Waals surface area contributed by atoms with Crippen LogP contribution in [0.2, 0.25) is 0 Å². The van der Waals surface area contributed by atoms with Gasteiger partial charge in [0, 0.05) is 16.2 Å². The Labute approximate surface area is 133 Å². The van der Waals surface area contributed by atoms with Crippen LogP contribution in [0.15, 0.2) is 64.4 Å². The van der Waals surface area contributed by atoms with Gasteiger partial charge in [0.1, 0.15) is 0 Å². The molecule has 1 fully saturated rings. The maximum Gasteiger partial charge on any atom is 0.324 e. The third-order valence-electron chi connectivity index (χ3n) is 3.98. The summed E-state index contributed by atoms with van der Waals surface area (Å²) in [5.74, 6) is -0.586. The quantitative estimate of drug-likeness (QED) is 0.639. The number of esters is 1. The van der Waals surface area contributed by atoms with Crippen LogP contribution in [0.25, 0.3) is 0 Å². The maximum atomic E-state index is 12.3. The zero-order valence-electron chi connectivity index (χ0n) is 12.2. The minimum absolute atomic E-state index is 0.156. The van der Waals surface area contributed by atoms with Crippen molar-refractivity contribution in [2.24, 2.45) is 0 Å². The van der Waals surface area contributed by atoms with Gasteiger partial charge in [-0.2, -0.15) is 0 Å². The van der Waals surface area contributed by atoms with E-state index in [0.29, 0.717) is 13.0 Å². The molecule has 4 heteroatoms. The zero-order valence-corrected chi connectivity index (χ0v) is 13.1. The molecule has 112 valence electrons. The van der Waals surface area contributed by atoms with Crippen molar-refractivity contribution in [2.75, 3.05) is 6.61 Å². The topological polar surface area (TPSA) is 43.4 Å². The molecule has 1 aliphatic heterocycles. The van der Waals surface area contributed by atoms with E-state index >= 15 is 0 Å². The molecule has 1 heterocycles. The van der Waals surface area contributed by atoms with Crippen molar-refractivity contribution in [1.29, 1.82) is 0 Å². The van der Waals surface area contributed by atoms with Crippen LogP contribution in [0.3, 0.4) is 0 Å². The lowest BCUT2D eigenvalue weighted by Crippen LogP contribution is -2.39. The van der Waals surface area contributed by atoms with Gasteiger partial charge in [0.2, 0.25) is 0 Å². The van der Waals surface area contributed by atoms with Crippen molar-refractivity contribution in [3.63, 3.8) is 0 Å². The summed E-state index contributed by atoms with van der Waals surface area (Å²) in [7, 11) is 0. The SMILES string of the molecule is CC(=O)C1(c2ccccc2Sc2ccccc2)CCOC1=O. The minimum atomic E-state index is -1.15. The molecule has 1 atom stereocenters. The smallest absolute Gasteiger partial charge is 0.324 e. The van der Waals surface area contributed by atoms with Gasteiger partial charge < -0.3 is 4.74 Å². The van der Waals surface area contributed by atoms with Gasteiger partial charge in [-0.25, -0.2) is 0 Å². The first-order chi connectivity index (χ1) is 10.6. The van der Waals surface area contributed by atoms with Crippen LogP contribution < -0.4 is 0 Å². The fourth-order valence-corrected chi connectivity index (χ4v) is 3.85. The molecule has 0 aliphatic carbocycles. The molecule has 0 bridgehead atoms. The number of cyclic esters (lactones) is 1. The summed E-state index contributed by atoms with van der Waals surface area (Å²) in [6, 6.07) is 17.5. The third-order valence-corrected chi connectivity index (χ3v) is 5.06. The zero-order chi connectivity index (χ0) is 15.6. The van der Waals surface area contributed by atoms with Gasteiger partial charge in [-0.1, -0.05) is 48.2 Å². The molecular weight excluding hydrogens is 296 g/mol. The molecule has 0 spiro atoms. The van der Waals surface area contributed by atoms with E-state index in [4.69, 9.17) is 4.74 Å². The first kappa shape index (κ1) is 14.9. The molecule has 1 aliphatic rings. The van der Waals surface area contributed by atoms with Crippen molar-refractivity contribution >= 4 is 23.5 Å². The Morgan fingerprint density at radius 3 is 2.41 bits per heavy atom. The van der Waals surface area contributed by atoms with E-state index in [1.54, 1.807) is 11.8 Å². The molecule has 0 aromatic heterocycles. The molecule has 2 aromatic rings. The number of hydrogen-bond donors (Lipinski definition) is 0. The van der Waals surface area contributed by atoms with Crippen LogP contribution in [-0.2, 0) is 19.7 Å². The summed E-state index contributed by atoms with van der Waals surface area (Å²) in [6.45, 7) is 1.76. The number of ether oxygens (including phenoxy) is 1. The second kappa shape index (κ2) is 5.97. The van der Waals surface area contributed by atoms with Crippen LogP contribution in [0.4, 0.5) is 0 Å². The van der Waals surface area contributed by atoms with E-state index in [1.165, 1.54) is 6.92 Å². The average Bonchev–Trinajstić information content (AvgIpc) is 2.91. The monoisotopic (exact) mass is 312 g/mol. The lowest BCUT2D eigenvalue weighted by Gasteiger charge is -2.24.